The van der Waals surface area contributed by atoms with Gasteiger partial charge in [0, 0.05) is 16.1 Å². The van der Waals surface area contributed by atoms with Gasteiger partial charge in [0.15, 0.2) is 17.3 Å². The van der Waals surface area contributed by atoms with Gasteiger partial charge in [-0.05, 0) is 31.9 Å². The number of hydrogen-bond donors (Lipinski definition) is 3. The van der Waals surface area contributed by atoms with Crippen molar-refractivity contribution < 1.29 is 14.6 Å². The van der Waals surface area contributed by atoms with Crippen molar-refractivity contribution in [1.82, 2.24) is 5.32 Å². The molecule has 0 bridgehead atoms. The van der Waals surface area contributed by atoms with Crippen molar-refractivity contribution in [3.05, 3.63) is 21.9 Å². The molecule has 0 radical (unpaired) electrons. The van der Waals surface area contributed by atoms with Crippen LogP contribution in [0.25, 0.3) is 0 Å². The second-order valence-corrected chi connectivity index (χ2v) is 5.22. The van der Waals surface area contributed by atoms with Crippen molar-refractivity contribution in [3.63, 3.8) is 0 Å². The third kappa shape index (κ3) is 2.72. The predicted octanol–water partition coefficient (Wildman–Crippen LogP) is 2.68. The highest BCUT2D eigenvalue weighted by molar-refractivity contribution is 9.10. The van der Waals surface area contributed by atoms with Gasteiger partial charge >= 0.3 is 0 Å². The zero-order chi connectivity index (χ0) is 12.4. The van der Waals surface area contributed by atoms with Crippen molar-refractivity contribution >= 4 is 15.9 Å². The van der Waals surface area contributed by atoms with Crippen LogP contribution in [-0.2, 0) is 6.42 Å². The van der Waals surface area contributed by atoms with Gasteiger partial charge in [-0.2, -0.15) is 0 Å². The molecule has 5 heteroatoms. The minimum atomic E-state index is -0.810. The van der Waals surface area contributed by atoms with Crippen LogP contribution in [-0.4, -0.2) is 22.8 Å². The molecule has 1 aliphatic rings. The van der Waals surface area contributed by atoms with E-state index in [1.54, 1.807) is 0 Å². The lowest BCUT2D eigenvalue weighted by Crippen LogP contribution is -2.35. The van der Waals surface area contributed by atoms with E-state index in [-0.39, 0.29) is 11.8 Å². The van der Waals surface area contributed by atoms with E-state index >= 15 is 0 Å². The first kappa shape index (κ1) is 12.6. The van der Waals surface area contributed by atoms with Crippen LogP contribution in [0.4, 0.5) is 4.39 Å². The van der Waals surface area contributed by atoms with E-state index in [1.165, 1.54) is 6.07 Å². The van der Waals surface area contributed by atoms with Gasteiger partial charge in [-0.25, -0.2) is 4.39 Å². The van der Waals surface area contributed by atoms with Gasteiger partial charge in [0.25, 0.3) is 0 Å². The molecule has 0 spiro atoms. The topological polar surface area (TPSA) is 52.5 Å². The summed E-state index contributed by atoms with van der Waals surface area (Å²) in [6.07, 6.45) is 3.94. The number of phenols is 2. The fraction of sp³-hybridized carbons (Fsp3) is 0.500. The average Bonchev–Trinajstić information content (AvgIpc) is 2.33. The van der Waals surface area contributed by atoms with E-state index in [4.69, 9.17) is 0 Å². The molecular weight excluding hydrogens is 289 g/mol. The van der Waals surface area contributed by atoms with Crippen molar-refractivity contribution in [3.8, 4) is 11.5 Å². The van der Waals surface area contributed by atoms with Gasteiger partial charge < -0.3 is 15.5 Å². The van der Waals surface area contributed by atoms with Crippen molar-refractivity contribution in [2.45, 2.75) is 31.7 Å². The molecule has 2 rings (SSSR count). The summed E-state index contributed by atoms with van der Waals surface area (Å²) in [7, 11) is 0. The summed E-state index contributed by atoms with van der Waals surface area (Å²) >= 11 is 3.22. The summed E-state index contributed by atoms with van der Waals surface area (Å²) in [4.78, 5) is 0. The van der Waals surface area contributed by atoms with Crippen LogP contribution in [0, 0.1) is 5.82 Å². The molecule has 3 nitrogen and oxygen atoms in total. The Morgan fingerprint density at radius 1 is 1.35 bits per heavy atom. The van der Waals surface area contributed by atoms with Gasteiger partial charge in [-0.3, -0.25) is 0 Å². The minimum Gasteiger partial charge on any atom is -0.504 e. The summed E-state index contributed by atoms with van der Waals surface area (Å²) in [5, 5.41) is 22.5. The summed E-state index contributed by atoms with van der Waals surface area (Å²) in [5.41, 5.74) is 0.559. The van der Waals surface area contributed by atoms with Gasteiger partial charge in [0.05, 0.1) is 0 Å². The summed E-state index contributed by atoms with van der Waals surface area (Å²) < 4.78 is 13.6. The summed E-state index contributed by atoms with van der Waals surface area (Å²) in [6.45, 7) is 0.968. The third-order valence-corrected chi connectivity index (χ3v) is 3.85. The number of rotatable bonds is 2. The number of piperidine rings is 1. The maximum atomic E-state index is 13.1. The lowest BCUT2D eigenvalue weighted by molar-refractivity contribution is 0.363. The molecule has 0 amide bonds. The fourth-order valence-electron chi connectivity index (χ4n) is 2.17. The summed E-state index contributed by atoms with van der Waals surface area (Å²) in [5.74, 6) is -1.84. The molecule has 0 aromatic heterocycles. The second-order valence-electron chi connectivity index (χ2n) is 4.37. The monoisotopic (exact) mass is 303 g/mol. The van der Waals surface area contributed by atoms with E-state index in [1.807, 2.05) is 0 Å². The lowest BCUT2D eigenvalue weighted by atomic mass is 9.97. The minimum absolute atomic E-state index is 0.274. The standard InChI is InChI=1S/C12H15BrFNO2/c13-9-6-10(14)12(17)11(16)8(9)5-7-3-1-2-4-15-7/h6-7,15-17H,1-5H2. The number of nitrogens with one attached hydrogen (secondary N) is 1. The molecular formula is C12H15BrFNO2. The number of aromatic hydroxyl groups is 2. The lowest BCUT2D eigenvalue weighted by Gasteiger charge is -2.24. The Morgan fingerprint density at radius 2 is 2.12 bits per heavy atom. The van der Waals surface area contributed by atoms with Crippen LogP contribution >= 0.6 is 15.9 Å². The second kappa shape index (κ2) is 5.23. The molecule has 94 valence electrons. The molecule has 0 saturated carbocycles. The molecule has 1 saturated heterocycles. The van der Waals surface area contributed by atoms with Gasteiger partial charge in [0.1, 0.15) is 0 Å². The first-order valence-electron chi connectivity index (χ1n) is 5.71. The first-order chi connectivity index (χ1) is 8.09. The molecule has 0 aliphatic carbocycles. The molecule has 1 aromatic carbocycles. The smallest absolute Gasteiger partial charge is 0.194 e. The number of halogens is 2. The highest BCUT2D eigenvalue weighted by Gasteiger charge is 2.20. The van der Waals surface area contributed by atoms with Crippen LogP contribution in [0.15, 0.2) is 10.5 Å². The predicted molar refractivity (Wildman–Crippen MR) is 66.8 cm³/mol. The molecule has 3 N–H and O–H groups in total. The zero-order valence-electron chi connectivity index (χ0n) is 9.34. The van der Waals surface area contributed by atoms with Gasteiger partial charge in [0.2, 0.25) is 0 Å². The first-order valence-corrected chi connectivity index (χ1v) is 6.51. The van der Waals surface area contributed by atoms with Gasteiger partial charge in [-0.1, -0.05) is 22.4 Å². The number of hydrogen-bond acceptors (Lipinski definition) is 3. The number of phenolic OH excluding ortho intramolecular Hbond substituents is 2. The Hall–Kier alpha value is -0.810. The Balaban J connectivity index is 2.22. The van der Waals surface area contributed by atoms with Crippen molar-refractivity contribution in [2.24, 2.45) is 0 Å². The fourth-order valence-corrected chi connectivity index (χ4v) is 2.73. The van der Waals surface area contributed by atoms with Crippen LogP contribution in [0.5, 0.6) is 11.5 Å². The third-order valence-electron chi connectivity index (χ3n) is 3.14. The Morgan fingerprint density at radius 3 is 2.76 bits per heavy atom. The Bertz CT molecular complexity index is 419. The SMILES string of the molecule is Oc1c(F)cc(Br)c(CC2CCCCN2)c1O. The Kier molecular flexibility index (Phi) is 3.89. The molecule has 1 fully saturated rings. The Labute approximate surface area is 108 Å². The van der Waals surface area contributed by atoms with Crippen molar-refractivity contribution in [1.29, 1.82) is 0 Å². The molecule has 1 aliphatic heterocycles. The maximum absolute atomic E-state index is 13.1. The van der Waals surface area contributed by atoms with Crippen LogP contribution in [0.1, 0.15) is 24.8 Å². The maximum Gasteiger partial charge on any atom is 0.194 e. The molecule has 1 unspecified atom stereocenters. The summed E-state index contributed by atoms with van der Waals surface area (Å²) in [6, 6.07) is 1.46. The molecule has 1 heterocycles. The molecule has 1 atom stereocenters. The molecule has 17 heavy (non-hydrogen) atoms. The van der Waals surface area contributed by atoms with Gasteiger partial charge in [-0.15, -0.1) is 0 Å². The van der Waals surface area contributed by atoms with Crippen LogP contribution in [0.2, 0.25) is 0 Å². The highest BCUT2D eigenvalue weighted by atomic mass is 79.9. The largest absolute Gasteiger partial charge is 0.504 e. The van der Waals surface area contributed by atoms with E-state index in [9.17, 15) is 14.6 Å². The quantitative estimate of drug-likeness (QED) is 0.736. The van der Waals surface area contributed by atoms with Crippen LogP contribution < -0.4 is 5.32 Å². The van der Waals surface area contributed by atoms with E-state index in [0.717, 1.165) is 25.8 Å². The normalized spacial score (nSPS) is 20.5. The van der Waals surface area contributed by atoms with Crippen LogP contribution in [0.3, 0.4) is 0 Å². The van der Waals surface area contributed by atoms with Crippen molar-refractivity contribution in [2.75, 3.05) is 6.54 Å². The number of benzene rings is 1. The van der Waals surface area contributed by atoms with E-state index < -0.39 is 11.6 Å². The van der Waals surface area contributed by atoms with E-state index in [2.05, 4.69) is 21.2 Å². The molecule has 1 aromatic rings. The zero-order valence-corrected chi connectivity index (χ0v) is 10.9. The van der Waals surface area contributed by atoms with E-state index in [0.29, 0.717) is 16.5 Å². The average molecular weight is 304 g/mol. The highest BCUT2D eigenvalue weighted by Crippen LogP contribution is 2.38.